The van der Waals surface area contributed by atoms with Crippen molar-refractivity contribution in [1.29, 1.82) is 0 Å². The predicted octanol–water partition coefficient (Wildman–Crippen LogP) is 3.89. The van der Waals surface area contributed by atoms with Crippen LogP contribution in [0.5, 0.6) is 0 Å². The molecular weight excluding hydrogens is 406 g/mol. The highest BCUT2D eigenvalue weighted by atomic mass is 16.4. The van der Waals surface area contributed by atoms with Gasteiger partial charge in [0.25, 0.3) is 0 Å². The fourth-order valence-corrected chi connectivity index (χ4v) is 4.00. The van der Waals surface area contributed by atoms with E-state index in [0.29, 0.717) is 6.54 Å². The second-order valence-corrected chi connectivity index (χ2v) is 8.06. The highest BCUT2D eigenvalue weighted by molar-refractivity contribution is 5.95. The van der Waals surface area contributed by atoms with Gasteiger partial charge in [0.05, 0.1) is 11.3 Å². The number of hydrogen-bond acceptors (Lipinski definition) is 4. The van der Waals surface area contributed by atoms with E-state index in [0.717, 1.165) is 41.2 Å². The van der Waals surface area contributed by atoms with Crippen molar-refractivity contribution in [3.05, 3.63) is 71.4 Å². The Bertz CT molecular complexity index is 1160. The van der Waals surface area contributed by atoms with Crippen LogP contribution in [0.4, 0.5) is 5.82 Å². The molecule has 0 spiro atoms. The monoisotopic (exact) mass is 431 g/mol. The van der Waals surface area contributed by atoms with Crippen LogP contribution >= 0.6 is 0 Å². The zero-order chi connectivity index (χ0) is 22.7. The molecule has 0 unspecified atom stereocenters. The standard InChI is InChI=1S/C25H25N3O4/c1-17-14-23-27(12-3-13-28(23)26-17)24(30)11-10-22(29)15-18-6-8-19(9-7-18)20-4-2-5-21(16-20)25(31)32/h2,4-9,14,16H,3,10-13,15H2,1H3,(H,31,32). The van der Waals surface area contributed by atoms with E-state index >= 15 is 0 Å². The summed E-state index contributed by atoms with van der Waals surface area (Å²) in [7, 11) is 0. The fourth-order valence-electron chi connectivity index (χ4n) is 4.00. The van der Waals surface area contributed by atoms with Gasteiger partial charge in [-0.05, 0) is 42.2 Å². The molecule has 2 heterocycles. The van der Waals surface area contributed by atoms with Crippen molar-refractivity contribution in [2.75, 3.05) is 11.4 Å². The van der Waals surface area contributed by atoms with Gasteiger partial charge in [-0.3, -0.25) is 14.5 Å². The molecule has 1 N–H and O–H groups in total. The zero-order valence-electron chi connectivity index (χ0n) is 18.0. The molecule has 7 heteroatoms. The van der Waals surface area contributed by atoms with E-state index in [2.05, 4.69) is 5.10 Å². The molecule has 0 saturated carbocycles. The number of amides is 1. The van der Waals surface area contributed by atoms with Crippen molar-refractivity contribution >= 4 is 23.5 Å². The molecule has 0 bridgehead atoms. The number of Topliss-reactive ketones (excluding diaryl/α,β-unsaturated/α-hetero) is 1. The molecule has 0 aliphatic carbocycles. The van der Waals surface area contributed by atoms with Gasteiger partial charge in [0.15, 0.2) is 0 Å². The summed E-state index contributed by atoms with van der Waals surface area (Å²) >= 11 is 0. The molecule has 164 valence electrons. The number of benzene rings is 2. The molecule has 0 radical (unpaired) electrons. The lowest BCUT2D eigenvalue weighted by molar-refractivity contribution is -0.123. The van der Waals surface area contributed by atoms with E-state index in [1.807, 2.05) is 48.0 Å². The average Bonchev–Trinajstić information content (AvgIpc) is 3.18. The smallest absolute Gasteiger partial charge is 0.335 e. The number of rotatable bonds is 7. The summed E-state index contributed by atoms with van der Waals surface area (Å²) in [5.41, 5.74) is 3.68. The molecule has 1 aliphatic rings. The number of ketones is 1. The van der Waals surface area contributed by atoms with Gasteiger partial charge in [0, 0.05) is 38.4 Å². The van der Waals surface area contributed by atoms with Gasteiger partial charge in [-0.2, -0.15) is 5.10 Å². The van der Waals surface area contributed by atoms with Crippen molar-refractivity contribution in [3.63, 3.8) is 0 Å². The number of aromatic nitrogens is 2. The Balaban J connectivity index is 1.33. The van der Waals surface area contributed by atoms with Gasteiger partial charge >= 0.3 is 5.97 Å². The molecule has 7 nitrogen and oxygen atoms in total. The van der Waals surface area contributed by atoms with Crippen LogP contribution in [0.1, 0.15) is 40.9 Å². The Kier molecular flexibility index (Phi) is 6.16. The molecule has 3 aromatic rings. The van der Waals surface area contributed by atoms with Crippen LogP contribution in [-0.2, 0) is 22.6 Å². The molecule has 0 atom stereocenters. The molecule has 0 saturated heterocycles. The first kappa shape index (κ1) is 21.5. The first-order valence-corrected chi connectivity index (χ1v) is 10.7. The molecule has 1 aliphatic heterocycles. The zero-order valence-corrected chi connectivity index (χ0v) is 18.0. The number of carboxylic acids is 1. The second kappa shape index (κ2) is 9.18. The molecule has 4 rings (SSSR count). The highest BCUT2D eigenvalue weighted by Gasteiger charge is 2.24. The third-order valence-electron chi connectivity index (χ3n) is 5.63. The SMILES string of the molecule is Cc1cc2n(n1)CCCN2C(=O)CCC(=O)Cc1ccc(-c2cccc(C(=O)O)c2)cc1. The van der Waals surface area contributed by atoms with E-state index in [4.69, 9.17) is 5.11 Å². The van der Waals surface area contributed by atoms with Gasteiger partial charge in [0.1, 0.15) is 11.6 Å². The number of nitrogens with zero attached hydrogens (tertiary/aromatic N) is 3. The first-order chi connectivity index (χ1) is 15.4. The number of hydrogen-bond donors (Lipinski definition) is 1. The number of carboxylic acid groups (broad SMARTS) is 1. The normalized spacial score (nSPS) is 13.0. The van der Waals surface area contributed by atoms with Gasteiger partial charge in [0.2, 0.25) is 5.91 Å². The number of aromatic carboxylic acids is 1. The number of carbonyl (C=O) groups is 3. The summed E-state index contributed by atoms with van der Waals surface area (Å²) in [6.07, 6.45) is 1.50. The molecule has 2 aromatic carbocycles. The van der Waals surface area contributed by atoms with Crippen molar-refractivity contribution < 1.29 is 19.5 Å². The number of anilines is 1. The maximum Gasteiger partial charge on any atom is 0.335 e. The molecular formula is C25H25N3O4. The van der Waals surface area contributed by atoms with Crippen molar-refractivity contribution in [2.45, 2.75) is 39.2 Å². The summed E-state index contributed by atoms with van der Waals surface area (Å²) < 4.78 is 1.85. The Morgan fingerprint density at radius 2 is 1.75 bits per heavy atom. The first-order valence-electron chi connectivity index (χ1n) is 10.7. The lowest BCUT2D eigenvalue weighted by Crippen LogP contribution is -2.37. The number of aryl methyl sites for hydroxylation is 2. The third-order valence-corrected chi connectivity index (χ3v) is 5.63. The number of fused-ring (bicyclic) bond motifs is 1. The van der Waals surface area contributed by atoms with Crippen molar-refractivity contribution in [1.82, 2.24) is 9.78 Å². The lowest BCUT2D eigenvalue weighted by Gasteiger charge is -2.27. The van der Waals surface area contributed by atoms with Crippen molar-refractivity contribution in [3.8, 4) is 11.1 Å². The summed E-state index contributed by atoms with van der Waals surface area (Å²) in [5, 5.41) is 13.6. The number of carbonyl (C=O) groups excluding carboxylic acids is 2. The van der Waals surface area contributed by atoms with Gasteiger partial charge in [-0.15, -0.1) is 0 Å². The minimum absolute atomic E-state index is 0.0145. The molecule has 32 heavy (non-hydrogen) atoms. The minimum Gasteiger partial charge on any atom is -0.478 e. The topological polar surface area (TPSA) is 92.5 Å². The largest absolute Gasteiger partial charge is 0.478 e. The van der Waals surface area contributed by atoms with Crippen LogP contribution in [0, 0.1) is 6.92 Å². The maximum absolute atomic E-state index is 12.7. The van der Waals surface area contributed by atoms with E-state index < -0.39 is 5.97 Å². The van der Waals surface area contributed by atoms with E-state index in [1.165, 1.54) is 0 Å². The van der Waals surface area contributed by atoms with E-state index in [1.54, 1.807) is 23.1 Å². The molecule has 1 amide bonds. The third kappa shape index (κ3) is 4.77. The second-order valence-electron chi connectivity index (χ2n) is 8.06. The Morgan fingerprint density at radius 1 is 0.969 bits per heavy atom. The van der Waals surface area contributed by atoms with E-state index in [-0.39, 0.29) is 36.5 Å². The summed E-state index contributed by atoms with van der Waals surface area (Å²) in [5.74, 6) is -0.185. The van der Waals surface area contributed by atoms with Crippen LogP contribution in [0.15, 0.2) is 54.6 Å². The predicted molar refractivity (Wildman–Crippen MR) is 121 cm³/mol. The van der Waals surface area contributed by atoms with Crippen LogP contribution in [0.2, 0.25) is 0 Å². The highest BCUT2D eigenvalue weighted by Crippen LogP contribution is 2.23. The molecule has 1 aromatic heterocycles. The summed E-state index contributed by atoms with van der Waals surface area (Å²) in [6.45, 7) is 3.37. The fraction of sp³-hybridized carbons (Fsp3) is 0.280. The van der Waals surface area contributed by atoms with Crippen molar-refractivity contribution in [2.24, 2.45) is 0 Å². The minimum atomic E-state index is -0.965. The summed E-state index contributed by atoms with van der Waals surface area (Å²) in [4.78, 5) is 38.1. The van der Waals surface area contributed by atoms with Gasteiger partial charge in [-0.25, -0.2) is 9.48 Å². The molecule has 0 fully saturated rings. The Morgan fingerprint density at radius 3 is 2.50 bits per heavy atom. The maximum atomic E-state index is 12.7. The Labute approximate surface area is 186 Å². The quantitative estimate of drug-likeness (QED) is 0.613. The Hall–Kier alpha value is -3.74. The van der Waals surface area contributed by atoms with Gasteiger partial charge < -0.3 is 5.11 Å². The van der Waals surface area contributed by atoms with Gasteiger partial charge in [-0.1, -0.05) is 36.4 Å². The van der Waals surface area contributed by atoms with Crippen LogP contribution in [-0.4, -0.2) is 39.1 Å². The lowest BCUT2D eigenvalue weighted by atomic mass is 9.99. The van der Waals surface area contributed by atoms with Crippen LogP contribution in [0.3, 0.4) is 0 Å². The average molecular weight is 431 g/mol. The van der Waals surface area contributed by atoms with E-state index in [9.17, 15) is 14.4 Å². The van der Waals surface area contributed by atoms with Crippen LogP contribution < -0.4 is 4.90 Å². The summed E-state index contributed by atoms with van der Waals surface area (Å²) in [6, 6.07) is 16.2. The van der Waals surface area contributed by atoms with Crippen LogP contribution in [0.25, 0.3) is 11.1 Å².